The summed E-state index contributed by atoms with van der Waals surface area (Å²) in [6.07, 6.45) is 0. The minimum Gasteiger partial charge on any atom is -0.454 e. The minimum absolute atomic E-state index is 0.0871. The van der Waals surface area contributed by atoms with Crippen molar-refractivity contribution in [3.63, 3.8) is 0 Å². The summed E-state index contributed by atoms with van der Waals surface area (Å²) in [5.41, 5.74) is 8.88. The van der Waals surface area contributed by atoms with Crippen LogP contribution in [0.5, 0.6) is 0 Å². The van der Waals surface area contributed by atoms with Crippen molar-refractivity contribution in [2.45, 2.75) is 0 Å². The van der Waals surface area contributed by atoms with Gasteiger partial charge in [-0.25, -0.2) is 0 Å². The van der Waals surface area contributed by atoms with Gasteiger partial charge in [-0.15, -0.1) is 0 Å². The first-order chi connectivity index (χ1) is 28.9. The molecule has 0 N–H and O–H groups in total. The number of anilines is 6. The number of furan rings is 1. The number of nitrogens with zero attached hydrogens (tertiary/aromatic N) is 2. The van der Waals surface area contributed by atoms with Gasteiger partial charge in [0.15, 0.2) is 5.58 Å². The molecule has 0 aliphatic carbocycles. The predicted molar refractivity (Wildman–Crippen MR) is 231 cm³/mol. The zero-order valence-corrected chi connectivity index (χ0v) is 29.8. The third-order valence-corrected chi connectivity index (χ3v) is 10.1. The highest BCUT2D eigenvalue weighted by Crippen LogP contribution is 2.43. The molecule has 0 fully saturated rings. The average molecular weight is 709 g/mol. The molecule has 0 atom stereocenters. The summed E-state index contributed by atoms with van der Waals surface area (Å²) in [4.78, 5) is 4.29. The number of benzene rings is 9. The third kappa shape index (κ3) is 6.08. The van der Waals surface area contributed by atoms with Crippen molar-refractivity contribution >= 4 is 66.8 Å². The van der Waals surface area contributed by atoms with E-state index in [0.29, 0.717) is 11.1 Å². The molecule has 0 amide bonds. The maximum atomic E-state index is 9.18. The van der Waals surface area contributed by atoms with E-state index >= 15 is 0 Å². The first-order valence-electron chi connectivity index (χ1n) is 20.4. The van der Waals surface area contributed by atoms with Crippen molar-refractivity contribution in [3.8, 4) is 22.3 Å². The summed E-state index contributed by atoms with van der Waals surface area (Å²) < 4.78 is 43.3. The molecule has 9 aromatic carbocycles. The van der Waals surface area contributed by atoms with Gasteiger partial charge in [-0.3, -0.25) is 0 Å². The van der Waals surface area contributed by atoms with E-state index < -0.39 is 0 Å². The lowest BCUT2D eigenvalue weighted by atomic mass is 9.99. The van der Waals surface area contributed by atoms with Gasteiger partial charge in [-0.2, -0.15) is 0 Å². The molecule has 3 nitrogen and oxygen atoms in total. The van der Waals surface area contributed by atoms with E-state index in [2.05, 4.69) is 82.6 Å². The number of hydrogen-bond donors (Lipinski definition) is 0. The lowest BCUT2D eigenvalue weighted by Crippen LogP contribution is -2.10. The molecule has 0 unspecified atom stereocenters. The zero-order valence-electron chi connectivity index (χ0n) is 33.8. The van der Waals surface area contributed by atoms with Crippen molar-refractivity contribution in [3.05, 3.63) is 218 Å². The van der Waals surface area contributed by atoms with Crippen LogP contribution in [0.1, 0.15) is 5.48 Å². The van der Waals surface area contributed by atoms with Crippen LogP contribution in [0.2, 0.25) is 0 Å². The zero-order chi connectivity index (χ0) is 40.0. The summed E-state index contributed by atoms with van der Waals surface area (Å²) in [7, 11) is 0. The standard InChI is InChI=1S/C52H36N2O/c1-4-15-43(16-5-1)53(44-17-6-2-7-18-44)46-31-27-39(28-32-46)37-23-25-38(26-24-37)40-29-33-47(34-30-40)54(45-19-8-3-9-20-45)50-22-12-21-48-49-35-41-13-10-11-14-42(41)36-51(49)55-52(48)50/h1-36H/i23D,24D,25D,26D. The van der Waals surface area contributed by atoms with Crippen LogP contribution in [0.3, 0.4) is 0 Å². The summed E-state index contributed by atoms with van der Waals surface area (Å²) in [5.74, 6) is 0. The van der Waals surface area contributed by atoms with Crippen LogP contribution in [-0.2, 0) is 0 Å². The first-order valence-corrected chi connectivity index (χ1v) is 18.4. The summed E-state index contributed by atoms with van der Waals surface area (Å²) in [5, 5.41) is 4.33. The second-order valence-electron chi connectivity index (χ2n) is 13.5. The molecule has 0 saturated carbocycles. The summed E-state index contributed by atoms with van der Waals surface area (Å²) >= 11 is 0. The largest absolute Gasteiger partial charge is 0.454 e. The second kappa shape index (κ2) is 13.9. The molecule has 3 heteroatoms. The average Bonchev–Trinajstić information content (AvgIpc) is 3.65. The van der Waals surface area contributed by atoms with Gasteiger partial charge in [0.2, 0.25) is 0 Å². The molecule has 10 rings (SSSR count). The molecule has 55 heavy (non-hydrogen) atoms. The molecule has 0 aliphatic rings. The van der Waals surface area contributed by atoms with Gasteiger partial charge in [0.05, 0.1) is 11.2 Å². The summed E-state index contributed by atoms with van der Waals surface area (Å²) in [6.45, 7) is 0. The first kappa shape index (κ1) is 28.2. The Morgan fingerprint density at radius 2 is 0.782 bits per heavy atom. The van der Waals surface area contributed by atoms with Gasteiger partial charge < -0.3 is 14.2 Å². The molecular formula is C52H36N2O. The van der Waals surface area contributed by atoms with Crippen molar-refractivity contribution in [2.24, 2.45) is 0 Å². The van der Waals surface area contributed by atoms with E-state index in [1.54, 1.807) is 0 Å². The Balaban J connectivity index is 1.02. The van der Waals surface area contributed by atoms with Crippen molar-refractivity contribution in [1.29, 1.82) is 0 Å². The predicted octanol–water partition coefficient (Wildman–Crippen LogP) is 15.0. The topological polar surface area (TPSA) is 19.6 Å². The Morgan fingerprint density at radius 1 is 0.345 bits per heavy atom. The molecule has 1 aromatic heterocycles. The normalized spacial score (nSPS) is 12.3. The van der Waals surface area contributed by atoms with Gasteiger partial charge in [0, 0.05) is 39.2 Å². The Labute approximate surface area is 326 Å². The Hall–Kier alpha value is -7.36. The van der Waals surface area contributed by atoms with Crippen LogP contribution in [0.4, 0.5) is 34.1 Å². The molecule has 0 spiro atoms. The van der Waals surface area contributed by atoms with Crippen LogP contribution in [0.15, 0.2) is 223 Å². The van der Waals surface area contributed by atoms with E-state index in [1.165, 1.54) is 0 Å². The maximum absolute atomic E-state index is 9.18. The number of fused-ring (bicyclic) bond motifs is 4. The fourth-order valence-electron chi connectivity index (χ4n) is 7.41. The Morgan fingerprint density at radius 3 is 1.31 bits per heavy atom. The van der Waals surface area contributed by atoms with Crippen molar-refractivity contribution in [1.82, 2.24) is 0 Å². The van der Waals surface area contributed by atoms with E-state index in [0.717, 1.165) is 66.8 Å². The number of hydrogen-bond acceptors (Lipinski definition) is 3. The van der Waals surface area contributed by atoms with Gasteiger partial charge >= 0.3 is 0 Å². The van der Waals surface area contributed by atoms with Crippen LogP contribution in [-0.4, -0.2) is 0 Å². The van der Waals surface area contributed by atoms with Crippen LogP contribution < -0.4 is 9.80 Å². The van der Waals surface area contributed by atoms with Gasteiger partial charge in [-0.1, -0.05) is 139 Å². The molecule has 1 heterocycles. The molecule has 0 bridgehead atoms. The van der Waals surface area contributed by atoms with Crippen LogP contribution >= 0.6 is 0 Å². The smallest absolute Gasteiger partial charge is 0.159 e. The highest BCUT2D eigenvalue weighted by Gasteiger charge is 2.20. The molecule has 0 radical (unpaired) electrons. The molecule has 0 aliphatic heterocycles. The summed E-state index contributed by atoms with van der Waals surface area (Å²) in [6, 6.07) is 64.0. The molecule has 10 aromatic rings. The van der Waals surface area contributed by atoms with Gasteiger partial charge in [0.1, 0.15) is 5.58 Å². The van der Waals surface area contributed by atoms with E-state index in [1.807, 2.05) is 121 Å². The van der Waals surface area contributed by atoms with E-state index in [-0.39, 0.29) is 35.3 Å². The third-order valence-electron chi connectivity index (χ3n) is 10.1. The van der Waals surface area contributed by atoms with E-state index in [9.17, 15) is 2.74 Å². The quantitative estimate of drug-likeness (QED) is 0.157. The number of para-hydroxylation sites is 4. The monoisotopic (exact) mass is 708 g/mol. The van der Waals surface area contributed by atoms with Gasteiger partial charge in [-0.05, 0) is 112 Å². The lowest BCUT2D eigenvalue weighted by molar-refractivity contribution is 0.669. The molecular weight excluding hydrogens is 669 g/mol. The maximum Gasteiger partial charge on any atom is 0.159 e. The fourth-order valence-corrected chi connectivity index (χ4v) is 7.41. The second-order valence-corrected chi connectivity index (χ2v) is 13.5. The molecule has 0 saturated heterocycles. The minimum atomic E-state index is -0.0904. The van der Waals surface area contributed by atoms with Gasteiger partial charge in [0.25, 0.3) is 0 Å². The SMILES string of the molecule is [2H]c1c([2H])c(-c2ccc(N(c3ccccc3)c3cccc4c3oc3cc5ccccc5cc34)cc2)c([2H])c([2H])c1-c1ccc(N(c2ccccc2)c2ccccc2)cc1. The lowest BCUT2D eigenvalue weighted by Gasteiger charge is -2.25. The van der Waals surface area contributed by atoms with E-state index in [4.69, 9.17) is 7.16 Å². The van der Waals surface area contributed by atoms with Crippen LogP contribution in [0, 0.1) is 0 Å². The Kier molecular flexibility index (Phi) is 7.12. The van der Waals surface area contributed by atoms with Crippen molar-refractivity contribution < 1.29 is 9.90 Å². The Bertz CT molecular complexity index is 3070. The highest BCUT2D eigenvalue weighted by atomic mass is 16.3. The van der Waals surface area contributed by atoms with Crippen molar-refractivity contribution in [2.75, 3.05) is 9.80 Å². The fraction of sp³-hybridized carbons (Fsp3) is 0. The van der Waals surface area contributed by atoms with Crippen LogP contribution in [0.25, 0.3) is 55.0 Å². The number of rotatable bonds is 8. The highest BCUT2D eigenvalue weighted by molar-refractivity contribution is 6.13. The molecule has 260 valence electrons.